The van der Waals surface area contributed by atoms with E-state index in [0.717, 1.165) is 17.8 Å². The van der Waals surface area contributed by atoms with Gasteiger partial charge >= 0.3 is 0 Å². The zero-order valence-corrected chi connectivity index (χ0v) is 14.2. The van der Waals surface area contributed by atoms with E-state index < -0.39 is 24.3 Å². The van der Waals surface area contributed by atoms with Crippen LogP contribution in [0.15, 0.2) is 0 Å². The molecule has 0 spiro atoms. The Morgan fingerprint density at radius 3 is 2.04 bits per heavy atom. The average Bonchev–Trinajstić information content (AvgIpc) is 2.78. The van der Waals surface area contributed by atoms with Crippen LogP contribution in [-0.2, 0) is 4.79 Å². The molecule has 5 fully saturated rings. The molecule has 6 heteroatoms. The molecule has 0 aromatic heterocycles. The molecule has 5 aliphatic rings. The number of hydrogen-bond donors (Lipinski definition) is 5. The maximum absolute atomic E-state index is 12.5. The van der Waals surface area contributed by atoms with Crippen molar-refractivity contribution in [2.45, 2.75) is 69.2 Å². The van der Waals surface area contributed by atoms with Crippen molar-refractivity contribution in [1.82, 2.24) is 10.6 Å². The third-order valence-corrected chi connectivity index (χ3v) is 7.02. The second-order valence-corrected chi connectivity index (χ2v) is 8.94. The van der Waals surface area contributed by atoms with Gasteiger partial charge in [-0.25, -0.2) is 0 Å². The number of hydrogen-bond acceptors (Lipinski definition) is 5. The second kappa shape index (κ2) is 6.24. The summed E-state index contributed by atoms with van der Waals surface area (Å²) in [7, 11) is 0. The largest absolute Gasteiger partial charge is 0.395 e. The molecule has 4 atom stereocenters. The maximum Gasteiger partial charge on any atom is 0.220 e. The van der Waals surface area contributed by atoms with Gasteiger partial charge in [-0.2, -0.15) is 0 Å². The van der Waals surface area contributed by atoms with Gasteiger partial charge in [0.2, 0.25) is 5.91 Å². The minimum Gasteiger partial charge on any atom is -0.395 e. The molecular weight excluding hydrogens is 308 g/mol. The van der Waals surface area contributed by atoms with Crippen LogP contribution in [-0.4, -0.2) is 58.7 Å². The Balaban J connectivity index is 1.30. The molecule has 5 rings (SSSR count). The van der Waals surface area contributed by atoms with E-state index in [9.17, 15) is 20.1 Å². The molecule has 5 N–H and O–H groups in total. The lowest BCUT2D eigenvalue weighted by molar-refractivity contribution is -0.129. The van der Waals surface area contributed by atoms with E-state index in [2.05, 4.69) is 10.6 Å². The molecule has 0 radical (unpaired) electrons. The van der Waals surface area contributed by atoms with E-state index in [1.54, 1.807) is 0 Å². The molecule has 1 heterocycles. The summed E-state index contributed by atoms with van der Waals surface area (Å²) in [4.78, 5) is 12.5. The van der Waals surface area contributed by atoms with E-state index in [-0.39, 0.29) is 17.9 Å². The number of carbonyl (C=O) groups excluding carboxylic acids is 1. The molecular formula is C18H30N2O4. The summed E-state index contributed by atoms with van der Waals surface area (Å²) in [6.45, 7) is 0.0654. The first-order valence-electron chi connectivity index (χ1n) is 9.48. The van der Waals surface area contributed by atoms with Crippen molar-refractivity contribution in [2.75, 3.05) is 13.2 Å². The summed E-state index contributed by atoms with van der Waals surface area (Å²) in [5.74, 6) is 2.57. The van der Waals surface area contributed by atoms with Crippen molar-refractivity contribution in [2.24, 2.45) is 23.2 Å². The summed E-state index contributed by atoms with van der Waals surface area (Å²) >= 11 is 0. The quantitative estimate of drug-likeness (QED) is 0.476. The van der Waals surface area contributed by atoms with Crippen LogP contribution in [0.5, 0.6) is 0 Å². The molecule has 0 unspecified atom stereocenters. The Morgan fingerprint density at radius 1 is 1.00 bits per heavy atom. The molecule has 4 aliphatic carbocycles. The highest BCUT2D eigenvalue weighted by Gasteiger charge is 2.51. The van der Waals surface area contributed by atoms with Crippen molar-refractivity contribution in [1.29, 1.82) is 0 Å². The molecule has 136 valence electrons. The number of carbonyl (C=O) groups is 1. The predicted octanol–water partition coefficient (Wildman–Crippen LogP) is -0.236. The van der Waals surface area contributed by atoms with Crippen LogP contribution in [0.3, 0.4) is 0 Å². The van der Waals surface area contributed by atoms with Gasteiger partial charge in [0.1, 0.15) is 0 Å². The normalized spacial score (nSPS) is 49.5. The average molecular weight is 338 g/mol. The van der Waals surface area contributed by atoms with E-state index in [1.807, 2.05) is 0 Å². The van der Waals surface area contributed by atoms with Crippen molar-refractivity contribution >= 4 is 5.91 Å². The standard InChI is InChI=1S/C18H30N2O4/c21-9-14-17(24)16(23)13(20-14)8-19-15(22)7-18-4-10-1-11(5-18)3-12(2-10)6-18/h10-14,16-17,20-21,23-24H,1-9H2,(H,19,22)/t10?,11?,12?,13-,14-,16-,17-,18?/m1/s1. The zero-order valence-electron chi connectivity index (χ0n) is 14.2. The zero-order chi connectivity index (χ0) is 16.9. The number of aliphatic hydroxyl groups excluding tert-OH is 3. The fourth-order valence-electron chi connectivity index (χ4n) is 6.42. The van der Waals surface area contributed by atoms with Crippen LogP contribution in [0.4, 0.5) is 0 Å². The summed E-state index contributed by atoms with van der Waals surface area (Å²) < 4.78 is 0. The molecule has 0 aromatic rings. The molecule has 4 bridgehead atoms. The van der Waals surface area contributed by atoms with Crippen molar-refractivity contribution in [3.05, 3.63) is 0 Å². The first kappa shape index (κ1) is 16.8. The second-order valence-electron chi connectivity index (χ2n) is 8.94. The SMILES string of the molecule is O=C(CC12CC3CC(CC(C3)C1)C2)NC[C@H]1N[C@H](CO)[C@@H](O)[C@@H]1O. The highest BCUT2D eigenvalue weighted by atomic mass is 16.3. The molecule has 1 saturated heterocycles. The summed E-state index contributed by atoms with van der Waals surface area (Å²) in [5.41, 5.74) is 0.216. The number of nitrogens with one attached hydrogen (secondary N) is 2. The number of aliphatic hydroxyl groups is 3. The Morgan fingerprint density at radius 2 is 1.54 bits per heavy atom. The fraction of sp³-hybridized carbons (Fsp3) is 0.944. The van der Waals surface area contributed by atoms with Gasteiger partial charge in [-0.1, -0.05) is 0 Å². The third kappa shape index (κ3) is 2.98. The van der Waals surface area contributed by atoms with E-state index >= 15 is 0 Å². The highest BCUT2D eigenvalue weighted by Crippen LogP contribution is 2.61. The molecule has 6 nitrogen and oxygen atoms in total. The Hall–Kier alpha value is -0.690. The van der Waals surface area contributed by atoms with Crippen molar-refractivity contribution < 1.29 is 20.1 Å². The van der Waals surface area contributed by atoms with E-state index in [1.165, 1.54) is 38.5 Å². The maximum atomic E-state index is 12.5. The topological polar surface area (TPSA) is 102 Å². The molecule has 1 amide bonds. The van der Waals surface area contributed by atoms with Crippen LogP contribution in [0, 0.1) is 23.2 Å². The predicted molar refractivity (Wildman–Crippen MR) is 88.0 cm³/mol. The van der Waals surface area contributed by atoms with Gasteiger partial charge in [-0.05, 0) is 61.7 Å². The Bertz CT molecular complexity index is 462. The van der Waals surface area contributed by atoms with Crippen LogP contribution in [0.1, 0.15) is 44.9 Å². The molecule has 24 heavy (non-hydrogen) atoms. The summed E-state index contributed by atoms with van der Waals surface area (Å²) in [6, 6.07) is -0.928. The van der Waals surface area contributed by atoms with Gasteiger partial charge in [-0.15, -0.1) is 0 Å². The Labute approximate surface area is 143 Å². The lowest BCUT2D eigenvalue weighted by atomic mass is 9.49. The Kier molecular flexibility index (Phi) is 4.35. The van der Waals surface area contributed by atoms with E-state index in [0.29, 0.717) is 13.0 Å². The van der Waals surface area contributed by atoms with Crippen LogP contribution >= 0.6 is 0 Å². The fourth-order valence-corrected chi connectivity index (χ4v) is 6.42. The minimum absolute atomic E-state index is 0.0629. The first-order chi connectivity index (χ1) is 11.5. The van der Waals surface area contributed by atoms with Crippen molar-refractivity contribution in [3.63, 3.8) is 0 Å². The van der Waals surface area contributed by atoms with Crippen LogP contribution < -0.4 is 10.6 Å². The first-order valence-corrected chi connectivity index (χ1v) is 9.48. The summed E-state index contributed by atoms with van der Waals surface area (Å²) in [6.07, 6.45) is 6.41. The molecule has 0 aromatic carbocycles. The van der Waals surface area contributed by atoms with Gasteiger partial charge in [0.05, 0.1) is 30.9 Å². The van der Waals surface area contributed by atoms with Gasteiger partial charge in [0.25, 0.3) is 0 Å². The van der Waals surface area contributed by atoms with Gasteiger partial charge < -0.3 is 26.0 Å². The highest BCUT2D eigenvalue weighted by molar-refractivity contribution is 5.76. The van der Waals surface area contributed by atoms with Gasteiger partial charge in [0.15, 0.2) is 0 Å². The lowest BCUT2D eigenvalue weighted by Crippen LogP contribution is -2.49. The minimum atomic E-state index is -0.986. The summed E-state index contributed by atoms with van der Waals surface area (Å²) in [5, 5.41) is 34.9. The monoisotopic (exact) mass is 338 g/mol. The number of amides is 1. The van der Waals surface area contributed by atoms with E-state index in [4.69, 9.17) is 0 Å². The van der Waals surface area contributed by atoms with Crippen LogP contribution in [0.25, 0.3) is 0 Å². The third-order valence-electron chi connectivity index (χ3n) is 7.02. The van der Waals surface area contributed by atoms with Crippen molar-refractivity contribution in [3.8, 4) is 0 Å². The molecule has 4 saturated carbocycles. The van der Waals surface area contributed by atoms with Crippen LogP contribution in [0.2, 0.25) is 0 Å². The molecule has 1 aliphatic heterocycles. The number of rotatable bonds is 5. The van der Waals surface area contributed by atoms with Gasteiger partial charge in [0, 0.05) is 13.0 Å². The van der Waals surface area contributed by atoms with Gasteiger partial charge in [-0.3, -0.25) is 4.79 Å². The lowest BCUT2D eigenvalue weighted by Gasteiger charge is -2.56. The smallest absolute Gasteiger partial charge is 0.220 e.